The van der Waals surface area contributed by atoms with Gasteiger partial charge in [-0.05, 0) is 117 Å². The monoisotopic (exact) mass is 874 g/mol. The molecule has 12 nitrogen and oxygen atoms in total. The van der Waals surface area contributed by atoms with Crippen molar-refractivity contribution in [3.63, 3.8) is 0 Å². The summed E-state index contributed by atoms with van der Waals surface area (Å²) in [5, 5.41) is 16.7. The first-order valence-electron chi connectivity index (χ1n) is 20.4. The van der Waals surface area contributed by atoms with E-state index < -0.39 is 58.7 Å². The Morgan fingerprint density at radius 3 is 2.24 bits per heavy atom. The van der Waals surface area contributed by atoms with Crippen LogP contribution >= 0.6 is 11.3 Å². The van der Waals surface area contributed by atoms with Crippen LogP contribution in [0.3, 0.4) is 0 Å². The van der Waals surface area contributed by atoms with E-state index in [0.29, 0.717) is 30.3 Å². The highest BCUT2D eigenvalue weighted by atomic mass is 32.1. The third-order valence-corrected chi connectivity index (χ3v) is 12.5. The zero-order chi connectivity index (χ0) is 44.6. The number of rotatable bonds is 13. The summed E-state index contributed by atoms with van der Waals surface area (Å²) in [6.07, 6.45) is -3.02. The molecule has 16 heteroatoms. The first kappa shape index (κ1) is 42.7. The highest BCUT2D eigenvalue weighted by Gasteiger charge is 2.54. The molecule has 0 bridgehead atoms. The molecule has 5 aromatic rings. The van der Waals surface area contributed by atoms with Crippen molar-refractivity contribution >= 4 is 57.9 Å². The average Bonchev–Trinajstić information content (AvgIpc) is 3.94. The second-order valence-corrected chi connectivity index (χ2v) is 16.9. The number of halogens is 3. The molecule has 2 N–H and O–H groups in total. The summed E-state index contributed by atoms with van der Waals surface area (Å²) in [6, 6.07) is 27.9. The van der Waals surface area contributed by atoms with E-state index in [-0.39, 0.29) is 35.6 Å². The van der Waals surface area contributed by atoms with Crippen molar-refractivity contribution in [3.05, 3.63) is 130 Å². The number of nitrogens with one attached hydrogen (secondary N) is 2. The highest BCUT2D eigenvalue weighted by Crippen LogP contribution is 2.48. The number of nitrogens with zero attached hydrogens (tertiary/aromatic N) is 4. The maximum Gasteiger partial charge on any atom is 0.417 e. The van der Waals surface area contributed by atoms with Gasteiger partial charge in [-0.15, -0.1) is 11.3 Å². The highest BCUT2D eigenvalue weighted by molar-refractivity contribution is 7.10. The maximum absolute atomic E-state index is 14.2. The molecular weight excluding hydrogens is 834 g/mol. The number of unbranched alkanes of at least 4 members (excludes halogenated alkanes) is 2. The number of nitriles is 1. The van der Waals surface area contributed by atoms with Gasteiger partial charge in [0, 0.05) is 34.9 Å². The smallest absolute Gasteiger partial charge is 0.417 e. The minimum absolute atomic E-state index is 0.0447. The number of piperidine rings is 1. The number of anilines is 3. The molecule has 2 atom stereocenters. The first-order chi connectivity index (χ1) is 30.2. The lowest BCUT2D eigenvalue weighted by Gasteiger charge is -2.35. The predicted octanol–water partition coefficient (Wildman–Crippen LogP) is 8.70. The predicted molar refractivity (Wildman–Crippen MR) is 230 cm³/mol. The zero-order valence-corrected chi connectivity index (χ0v) is 35.0. The van der Waals surface area contributed by atoms with Crippen LogP contribution < -0.4 is 25.2 Å². The maximum atomic E-state index is 14.2. The molecule has 63 heavy (non-hydrogen) atoms. The second kappa shape index (κ2) is 17.1. The number of hydrogen-bond acceptors (Lipinski definition) is 10. The molecule has 322 valence electrons. The van der Waals surface area contributed by atoms with E-state index in [9.17, 15) is 42.4 Å². The van der Waals surface area contributed by atoms with E-state index in [1.165, 1.54) is 22.3 Å². The fraction of sp³-hybridized carbons (Fsp3) is 0.277. The standard InChI is InChI=1S/C47H41F3N6O6S/c1-46(2)45(61)54(32-18-13-30(27-51)35(26-32)47(48,49)50)42(38-10-7-25-63-38)56(46)31-16-11-28(12-17-31)29-14-19-33(20-15-29)62-24-5-3-4-23-52-36-9-6-8-34-40(36)44(60)55(43(34)59)37-21-22-39(57)53-41(37)58/h6-20,25-26,37,42,52H,3-5,21-24H2,1-2H3,(H,53,57,58). The summed E-state index contributed by atoms with van der Waals surface area (Å²) in [5.41, 5.74) is 0.786. The van der Waals surface area contributed by atoms with Crippen molar-refractivity contribution in [3.8, 4) is 22.9 Å². The van der Waals surface area contributed by atoms with E-state index in [1.807, 2.05) is 70.9 Å². The molecule has 0 aliphatic carbocycles. The van der Waals surface area contributed by atoms with Crippen LogP contribution in [0.4, 0.5) is 30.2 Å². The quantitative estimate of drug-likeness (QED) is 0.0875. The Balaban J connectivity index is 0.864. The molecule has 0 radical (unpaired) electrons. The second-order valence-electron chi connectivity index (χ2n) is 15.9. The third-order valence-electron chi connectivity index (χ3n) is 11.5. The Kier molecular flexibility index (Phi) is 11.6. The molecule has 0 spiro atoms. The molecule has 0 saturated carbocycles. The fourth-order valence-corrected chi connectivity index (χ4v) is 9.20. The summed E-state index contributed by atoms with van der Waals surface area (Å²) in [4.78, 5) is 69.7. The lowest BCUT2D eigenvalue weighted by atomic mass is 10.0. The Bertz CT molecular complexity index is 2640. The third kappa shape index (κ3) is 8.12. The Labute approximate surface area is 364 Å². The summed E-state index contributed by atoms with van der Waals surface area (Å²) in [5.74, 6) is -1.87. The van der Waals surface area contributed by atoms with Gasteiger partial charge >= 0.3 is 6.18 Å². The van der Waals surface area contributed by atoms with Gasteiger partial charge < -0.3 is 15.0 Å². The summed E-state index contributed by atoms with van der Waals surface area (Å²) >= 11 is 1.39. The molecule has 4 aromatic carbocycles. The minimum Gasteiger partial charge on any atom is -0.494 e. The number of carbonyl (C=O) groups is 5. The zero-order valence-electron chi connectivity index (χ0n) is 34.2. The van der Waals surface area contributed by atoms with Crippen molar-refractivity contribution in [1.29, 1.82) is 5.26 Å². The molecule has 2 fully saturated rings. The van der Waals surface area contributed by atoms with Crippen molar-refractivity contribution in [2.24, 2.45) is 0 Å². The van der Waals surface area contributed by atoms with Gasteiger partial charge in [0.15, 0.2) is 0 Å². The van der Waals surface area contributed by atoms with Crippen LogP contribution in [-0.2, 0) is 20.6 Å². The number of hydrogen-bond donors (Lipinski definition) is 2. The van der Waals surface area contributed by atoms with Crippen molar-refractivity contribution < 1.29 is 41.9 Å². The molecule has 5 amide bonds. The Morgan fingerprint density at radius 2 is 1.57 bits per heavy atom. The van der Waals surface area contributed by atoms with Crippen LogP contribution in [0.1, 0.15) is 88.8 Å². The molecule has 1 aromatic heterocycles. The number of fused-ring (bicyclic) bond motifs is 1. The van der Waals surface area contributed by atoms with Gasteiger partial charge in [0.2, 0.25) is 11.8 Å². The largest absolute Gasteiger partial charge is 0.494 e. The van der Waals surface area contributed by atoms with Gasteiger partial charge in [0.25, 0.3) is 17.7 Å². The van der Waals surface area contributed by atoms with Gasteiger partial charge in [-0.25, -0.2) is 0 Å². The number of ether oxygens (including phenoxy) is 1. The summed E-state index contributed by atoms with van der Waals surface area (Å²) in [7, 11) is 0. The van der Waals surface area contributed by atoms with Crippen LogP contribution in [0.2, 0.25) is 0 Å². The molecule has 4 heterocycles. The SMILES string of the molecule is CC1(C)C(=O)N(c2ccc(C#N)c(C(F)(F)F)c2)C(c2cccs2)N1c1ccc(-c2ccc(OCCCCCNc3cccc4c3C(=O)N(C3CCC(=O)NC3=O)C4=O)cc2)cc1. The van der Waals surface area contributed by atoms with Crippen molar-refractivity contribution in [2.45, 2.75) is 69.9 Å². The summed E-state index contributed by atoms with van der Waals surface area (Å²) in [6.45, 7) is 4.52. The van der Waals surface area contributed by atoms with Gasteiger partial charge in [0.1, 0.15) is 23.5 Å². The van der Waals surface area contributed by atoms with E-state index in [4.69, 9.17) is 4.74 Å². The van der Waals surface area contributed by atoms with E-state index >= 15 is 0 Å². The topological polar surface area (TPSA) is 152 Å². The fourth-order valence-electron chi connectivity index (χ4n) is 8.40. The van der Waals surface area contributed by atoms with E-state index in [2.05, 4.69) is 10.6 Å². The average molecular weight is 875 g/mol. The lowest BCUT2D eigenvalue weighted by molar-refractivity contribution is -0.138. The van der Waals surface area contributed by atoms with Crippen molar-refractivity contribution in [2.75, 3.05) is 28.3 Å². The van der Waals surface area contributed by atoms with Crippen LogP contribution in [-0.4, -0.2) is 59.2 Å². The van der Waals surface area contributed by atoms with Crippen LogP contribution in [0.5, 0.6) is 5.75 Å². The van der Waals surface area contributed by atoms with Crippen LogP contribution in [0.15, 0.2) is 102 Å². The number of imide groups is 2. The number of amides is 5. The number of alkyl halides is 3. The van der Waals surface area contributed by atoms with E-state index in [1.54, 1.807) is 38.1 Å². The van der Waals surface area contributed by atoms with Gasteiger partial charge in [-0.3, -0.25) is 39.1 Å². The normalized spacial score (nSPS) is 18.4. The number of benzene rings is 4. The molecular formula is C47H41F3N6O6S. The Hall–Kier alpha value is -6.99. The summed E-state index contributed by atoms with van der Waals surface area (Å²) < 4.78 is 48.1. The molecule has 8 rings (SSSR count). The molecule has 3 aliphatic heterocycles. The van der Waals surface area contributed by atoms with Crippen molar-refractivity contribution in [1.82, 2.24) is 10.2 Å². The van der Waals surface area contributed by atoms with Crippen LogP contribution in [0.25, 0.3) is 11.1 Å². The Morgan fingerprint density at radius 1 is 0.857 bits per heavy atom. The number of thiophene rings is 1. The van der Waals surface area contributed by atoms with E-state index in [0.717, 1.165) is 52.3 Å². The minimum atomic E-state index is -4.79. The van der Waals surface area contributed by atoms with Crippen LogP contribution in [0, 0.1) is 11.3 Å². The van der Waals surface area contributed by atoms with Gasteiger partial charge in [-0.1, -0.05) is 36.4 Å². The lowest BCUT2D eigenvalue weighted by Crippen LogP contribution is -2.54. The molecule has 2 unspecified atom stereocenters. The number of carbonyl (C=O) groups excluding carboxylic acids is 5. The molecule has 3 aliphatic rings. The van der Waals surface area contributed by atoms with Gasteiger partial charge in [-0.2, -0.15) is 18.4 Å². The molecule has 2 saturated heterocycles. The first-order valence-corrected chi connectivity index (χ1v) is 21.3. The van der Waals surface area contributed by atoms with Gasteiger partial charge in [0.05, 0.1) is 34.9 Å².